The highest BCUT2D eigenvalue weighted by Gasteiger charge is 2.46. The van der Waals surface area contributed by atoms with Crippen molar-refractivity contribution in [2.24, 2.45) is 0 Å². The highest BCUT2D eigenvalue weighted by atomic mass is 35.5. The summed E-state index contributed by atoms with van der Waals surface area (Å²) in [5.74, 6) is -0.198. The summed E-state index contributed by atoms with van der Waals surface area (Å²) < 4.78 is 0. The number of benzene rings is 2. The zero-order chi connectivity index (χ0) is 19.7. The molecular formula is C22H19ClN4O. The molecule has 2 aromatic carbocycles. The van der Waals surface area contributed by atoms with Gasteiger partial charge < -0.3 is 10.2 Å². The van der Waals surface area contributed by atoms with E-state index < -0.39 is 0 Å². The number of fused-ring (bicyclic) bond motifs is 2. The van der Waals surface area contributed by atoms with Crippen LogP contribution in [0.25, 0.3) is 11.1 Å². The van der Waals surface area contributed by atoms with Crippen LogP contribution in [0.2, 0.25) is 5.02 Å². The second kappa shape index (κ2) is 7.54. The lowest BCUT2D eigenvalue weighted by Crippen LogP contribution is -2.43. The normalized spacial score (nSPS) is 22.5. The fourth-order valence-electron chi connectivity index (χ4n) is 4.33. The van der Waals surface area contributed by atoms with Crippen molar-refractivity contribution in [3.8, 4) is 23.4 Å². The van der Waals surface area contributed by atoms with Crippen LogP contribution >= 0.6 is 11.6 Å². The molecule has 3 atom stereocenters. The number of hydrogen-bond donors (Lipinski definition) is 1. The van der Waals surface area contributed by atoms with Gasteiger partial charge >= 0.3 is 0 Å². The van der Waals surface area contributed by atoms with Crippen molar-refractivity contribution in [2.75, 3.05) is 0 Å². The Morgan fingerprint density at radius 1 is 1.14 bits per heavy atom. The second-order valence-electron chi connectivity index (χ2n) is 7.35. The number of carbonyl (C=O) groups excluding carboxylic acids is 1. The van der Waals surface area contributed by atoms with Crippen molar-refractivity contribution in [1.29, 1.82) is 10.5 Å². The Morgan fingerprint density at radius 2 is 1.89 bits per heavy atom. The van der Waals surface area contributed by atoms with Gasteiger partial charge in [0.1, 0.15) is 0 Å². The van der Waals surface area contributed by atoms with Gasteiger partial charge in [0.15, 0.2) is 6.19 Å². The van der Waals surface area contributed by atoms with Crippen LogP contribution in [-0.2, 0) is 6.42 Å². The van der Waals surface area contributed by atoms with Crippen LogP contribution in [0.3, 0.4) is 0 Å². The Kier molecular flexibility index (Phi) is 4.94. The number of nitrogens with one attached hydrogen (secondary N) is 1. The summed E-state index contributed by atoms with van der Waals surface area (Å²) in [6, 6.07) is 15.6. The third-order valence-electron chi connectivity index (χ3n) is 5.75. The standard InChI is InChI=1S/C22H19ClN4O/c23-19-11-16(15-3-1-14(2-4-15)9-10-24)5-7-18(19)22(28)26-20-12-17-6-8-21(20)27(17)13-25/h1-5,7,11,17,20-21H,6,8-9,12H2,(H,26,28)/t17-,20+,21+/m0/s1. The molecule has 0 saturated carbocycles. The summed E-state index contributed by atoms with van der Waals surface area (Å²) in [5.41, 5.74) is 3.30. The summed E-state index contributed by atoms with van der Waals surface area (Å²) in [7, 11) is 0. The Bertz CT molecular complexity index is 989. The van der Waals surface area contributed by atoms with Crippen LogP contribution in [0.5, 0.6) is 0 Å². The van der Waals surface area contributed by atoms with E-state index in [4.69, 9.17) is 16.9 Å². The van der Waals surface area contributed by atoms with Crippen molar-refractivity contribution >= 4 is 17.5 Å². The van der Waals surface area contributed by atoms with Gasteiger partial charge in [-0.3, -0.25) is 4.79 Å². The SMILES string of the molecule is N#CCc1ccc(-c2ccc(C(=O)N[C@@H]3C[C@@H]4CC[C@H]3N4C#N)c(Cl)c2)cc1. The van der Waals surface area contributed by atoms with E-state index in [2.05, 4.69) is 17.6 Å². The Labute approximate surface area is 169 Å². The topological polar surface area (TPSA) is 79.9 Å². The second-order valence-corrected chi connectivity index (χ2v) is 7.76. The highest BCUT2D eigenvalue weighted by Crippen LogP contribution is 2.37. The molecule has 140 valence electrons. The van der Waals surface area contributed by atoms with Gasteiger partial charge in [-0.05, 0) is 48.1 Å². The van der Waals surface area contributed by atoms with Crippen molar-refractivity contribution in [3.05, 3.63) is 58.6 Å². The molecule has 2 aromatic rings. The van der Waals surface area contributed by atoms with E-state index in [0.717, 1.165) is 36.0 Å². The molecule has 2 aliphatic heterocycles. The Morgan fingerprint density at radius 3 is 2.54 bits per heavy atom. The molecule has 0 radical (unpaired) electrons. The molecule has 1 amide bonds. The summed E-state index contributed by atoms with van der Waals surface area (Å²) >= 11 is 6.41. The number of carbonyl (C=O) groups is 1. The minimum absolute atomic E-state index is 0.00526. The molecule has 0 aliphatic carbocycles. The molecule has 0 unspecified atom stereocenters. The molecule has 1 N–H and O–H groups in total. The first-order chi connectivity index (χ1) is 13.6. The zero-order valence-corrected chi connectivity index (χ0v) is 16.0. The minimum atomic E-state index is -0.198. The van der Waals surface area contributed by atoms with E-state index in [0.29, 0.717) is 17.0 Å². The zero-order valence-electron chi connectivity index (χ0n) is 15.2. The molecule has 28 heavy (non-hydrogen) atoms. The number of hydrogen-bond acceptors (Lipinski definition) is 4. The van der Waals surface area contributed by atoms with Crippen molar-refractivity contribution in [1.82, 2.24) is 10.2 Å². The third kappa shape index (κ3) is 3.30. The molecule has 6 heteroatoms. The number of rotatable bonds is 4. The molecule has 2 aliphatic rings. The van der Waals surface area contributed by atoms with E-state index in [-0.39, 0.29) is 24.0 Å². The molecule has 0 spiro atoms. The van der Waals surface area contributed by atoms with E-state index in [1.807, 2.05) is 35.2 Å². The average molecular weight is 391 g/mol. The summed E-state index contributed by atoms with van der Waals surface area (Å²) in [4.78, 5) is 14.6. The molecule has 4 rings (SSSR count). The number of nitriles is 2. The molecule has 2 heterocycles. The van der Waals surface area contributed by atoms with E-state index in [9.17, 15) is 10.1 Å². The average Bonchev–Trinajstić information content (AvgIpc) is 3.25. The lowest BCUT2D eigenvalue weighted by molar-refractivity contribution is 0.0928. The van der Waals surface area contributed by atoms with Gasteiger partial charge in [0.25, 0.3) is 5.91 Å². The molecule has 5 nitrogen and oxygen atoms in total. The van der Waals surface area contributed by atoms with Crippen molar-refractivity contribution < 1.29 is 4.79 Å². The third-order valence-corrected chi connectivity index (χ3v) is 6.07. The summed E-state index contributed by atoms with van der Waals surface area (Å²) in [6.07, 6.45) is 5.41. The lowest BCUT2D eigenvalue weighted by Gasteiger charge is -2.22. The molecular weight excluding hydrogens is 372 g/mol. The van der Waals surface area contributed by atoms with Crippen LogP contribution < -0.4 is 5.32 Å². The van der Waals surface area contributed by atoms with Crippen LogP contribution in [0.15, 0.2) is 42.5 Å². The van der Waals surface area contributed by atoms with Gasteiger partial charge in [0, 0.05) is 6.04 Å². The number of halogens is 1. The first-order valence-corrected chi connectivity index (χ1v) is 9.73. The van der Waals surface area contributed by atoms with E-state index >= 15 is 0 Å². The predicted molar refractivity (Wildman–Crippen MR) is 106 cm³/mol. The first kappa shape index (κ1) is 18.3. The maximum absolute atomic E-state index is 12.7. The van der Waals surface area contributed by atoms with E-state index in [1.165, 1.54) is 0 Å². The smallest absolute Gasteiger partial charge is 0.253 e. The number of nitrogens with zero attached hydrogens (tertiary/aromatic N) is 3. The quantitative estimate of drug-likeness (QED) is 0.803. The number of amides is 1. The monoisotopic (exact) mass is 390 g/mol. The molecule has 2 fully saturated rings. The van der Waals surface area contributed by atoms with Gasteiger partial charge in [-0.15, -0.1) is 0 Å². The van der Waals surface area contributed by atoms with Crippen LogP contribution in [0.1, 0.15) is 35.2 Å². The maximum atomic E-state index is 12.7. The predicted octanol–water partition coefficient (Wildman–Crippen LogP) is 3.89. The Balaban J connectivity index is 1.48. The van der Waals surface area contributed by atoms with Gasteiger partial charge in [-0.25, -0.2) is 0 Å². The molecule has 0 aromatic heterocycles. The largest absolute Gasteiger partial charge is 0.347 e. The van der Waals surface area contributed by atoms with Crippen LogP contribution in [-0.4, -0.2) is 28.9 Å². The Hall–Kier alpha value is -3.02. The van der Waals surface area contributed by atoms with Gasteiger partial charge in [0.2, 0.25) is 0 Å². The van der Waals surface area contributed by atoms with E-state index in [1.54, 1.807) is 12.1 Å². The van der Waals surface area contributed by atoms with Gasteiger partial charge in [-0.1, -0.05) is 41.9 Å². The lowest BCUT2D eigenvalue weighted by atomic mass is 9.95. The molecule has 2 bridgehead atoms. The summed E-state index contributed by atoms with van der Waals surface area (Å²) in [6.45, 7) is 0. The summed E-state index contributed by atoms with van der Waals surface area (Å²) in [5, 5.41) is 21.5. The first-order valence-electron chi connectivity index (χ1n) is 9.35. The van der Waals surface area contributed by atoms with Gasteiger partial charge in [-0.2, -0.15) is 10.5 Å². The highest BCUT2D eigenvalue weighted by molar-refractivity contribution is 6.34. The maximum Gasteiger partial charge on any atom is 0.253 e. The fraction of sp³-hybridized carbons (Fsp3) is 0.318. The fourth-order valence-corrected chi connectivity index (χ4v) is 4.60. The molecule has 2 saturated heterocycles. The van der Waals surface area contributed by atoms with Crippen LogP contribution in [0, 0.1) is 22.8 Å². The van der Waals surface area contributed by atoms with Crippen molar-refractivity contribution in [3.63, 3.8) is 0 Å². The van der Waals surface area contributed by atoms with Crippen molar-refractivity contribution in [2.45, 2.75) is 43.8 Å². The van der Waals surface area contributed by atoms with Crippen LogP contribution in [0.4, 0.5) is 0 Å². The van der Waals surface area contributed by atoms with Gasteiger partial charge in [0.05, 0.1) is 35.2 Å². The minimum Gasteiger partial charge on any atom is -0.347 e.